The molecular weight excluding hydrogens is 373 g/mol. The van der Waals surface area contributed by atoms with Crippen molar-refractivity contribution in [3.63, 3.8) is 0 Å². The molecule has 24 heavy (non-hydrogen) atoms. The molecular formula is C14H14ClF3O5S. The number of ether oxygens (including phenoxy) is 1. The summed E-state index contributed by atoms with van der Waals surface area (Å²) in [5.41, 5.74) is -4.36. The third kappa shape index (κ3) is 3.41. The van der Waals surface area contributed by atoms with Gasteiger partial charge in [-0.2, -0.15) is 13.2 Å². The van der Waals surface area contributed by atoms with E-state index in [-0.39, 0.29) is 0 Å². The number of carbonyl (C=O) groups is 2. The maximum Gasteiger partial charge on any atom is 0.435 e. The molecule has 1 aromatic carbocycles. The van der Waals surface area contributed by atoms with Gasteiger partial charge < -0.3 is 4.74 Å². The zero-order chi connectivity index (χ0) is 19.0. The van der Waals surface area contributed by atoms with Crippen molar-refractivity contribution in [1.82, 2.24) is 0 Å². The minimum Gasteiger partial charge on any atom is -0.442 e. The molecule has 1 rings (SSSR count). The molecule has 1 unspecified atom stereocenters. The highest BCUT2D eigenvalue weighted by Crippen LogP contribution is 2.53. The Morgan fingerprint density at radius 1 is 1.12 bits per heavy atom. The van der Waals surface area contributed by atoms with Crippen LogP contribution < -0.4 is 0 Å². The number of esters is 1. The maximum atomic E-state index is 14.0. The van der Waals surface area contributed by atoms with Crippen LogP contribution >= 0.6 is 11.6 Å². The number of carbonyl (C=O) groups excluding carboxylic acids is 2. The molecule has 0 radical (unpaired) electrons. The summed E-state index contributed by atoms with van der Waals surface area (Å²) in [7, 11) is -4.61. The quantitative estimate of drug-likeness (QED) is 0.587. The van der Waals surface area contributed by atoms with Gasteiger partial charge in [0.15, 0.2) is 4.87 Å². The van der Waals surface area contributed by atoms with Crippen molar-refractivity contribution in [2.45, 2.75) is 30.5 Å². The molecule has 0 aliphatic heterocycles. The van der Waals surface area contributed by atoms with Crippen LogP contribution in [0.15, 0.2) is 30.3 Å². The molecule has 0 saturated heterocycles. The summed E-state index contributed by atoms with van der Waals surface area (Å²) in [6, 6.07) is 5.68. The molecule has 0 aromatic heterocycles. The van der Waals surface area contributed by atoms with E-state index < -0.39 is 43.1 Å². The van der Waals surface area contributed by atoms with Gasteiger partial charge >= 0.3 is 12.1 Å². The van der Waals surface area contributed by atoms with E-state index in [2.05, 4.69) is 4.74 Å². The van der Waals surface area contributed by atoms with Crippen LogP contribution in [0.2, 0.25) is 0 Å². The standard InChI is InChI=1S/C14H14ClF3O5S/c1-9(19)23-13(14(16,17)18,10-7-5-4-6-8-10)12(2,15)11(20)24(3,21)22/h4-8H,1-3H3/t12-,13?/m0/s1. The Balaban J connectivity index is 3.89. The molecule has 2 atom stereocenters. The van der Waals surface area contributed by atoms with Gasteiger partial charge in [0.05, 0.1) is 0 Å². The number of halogens is 4. The average molecular weight is 387 g/mol. The highest BCUT2D eigenvalue weighted by atomic mass is 35.5. The first-order valence-corrected chi connectivity index (χ1v) is 8.70. The largest absolute Gasteiger partial charge is 0.442 e. The van der Waals surface area contributed by atoms with Crippen LogP contribution in [0.3, 0.4) is 0 Å². The van der Waals surface area contributed by atoms with Crippen LogP contribution in [0.25, 0.3) is 0 Å². The van der Waals surface area contributed by atoms with Gasteiger partial charge in [-0.15, -0.1) is 11.6 Å². The first-order chi connectivity index (χ1) is 10.7. The van der Waals surface area contributed by atoms with E-state index in [9.17, 15) is 31.2 Å². The molecule has 0 aliphatic rings. The second-order valence-electron chi connectivity index (χ2n) is 5.20. The van der Waals surface area contributed by atoms with Crippen molar-refractivity contribution in [3.8, 4) is 0 Å². The number of hydrogen-bond donors (Lipinski definition) is 0. The number of benzene rings is 1. The van der Waals surface area contributed by atoms with Gasteiger partial charge in [0, 0.05) is 18.7 Å². The molecule has 134 valence electrons. The number of hydrogen-bond acceptors (Lipinski definition) is 5. The fourth-order valence-electron chi connectivity index (χ4n) is 2.29. The zero-order valence-electron chi connectivity index (χ0n) is 12.8. The van der Waals surface area contributed by atoms with Crippen LogP contribution in [0.5, 0.6) is 0 Å². The Hall–Kier alpha value is -1.61. The lowest BCUT2D eigenvalue weighted by Gasteiger charge is -2.43. The van der Waals surface area contributed by atoms with Gasteiger partial charge in [-0.25, -0.2) is 8.42 Å². The van der Waals surface area contributed by atoms with E-state index >= 15 is 0 Å². The van der Waals surface area contributed by atoms with Crippen molar-refractivity contribution >= 4 is 32.5 Å². The molecule has 0 spiro atoms. The van der Waals surface area contributed by atoms with Crippen molar-refractivity contribution in [2.24, 2.45) is 0 Å². The molecule has 0 bridgehead atoms. The van der Waals surface area contributed by atoms with E-state index in [1.54, 1.807) is 0 Å². The molecule has 10 heteroatoms. The summed E-state index contributed by atoms with van der Waals surface area (Å²) in [6.07, 6.45) is -4.95. The third-order valence-corrected chi connectivity index (χ3v) is 4.89. The normalized spacial score (nSPS) is 17.5. The molecule has 0 heterocycles. The van der Waals surface area contributed by atoms with Crippen LogP contribution in [-0.2, 0) is 29.8 Å². The first-order valence-electron chi connectivity index (χ1n) is 6.43. The van der Waals surface area contributed by atoms with Crippen molar-refractivity contribution in [1.29, 1.82) is 0 Å². The molecule has 0 saturated carbocycles. The van der Waals surface area contributed by atoms with Crippen LogP contribution in [0.1, 0.15) is 19.4 Å². The molecule has 0 fully saturated rings. The van der Waals surface area contributed by atoms with Gasteiger partial charge in [-0.05, 0) is 6.92 Å². The first kappa shape index (κ1) is 20.4. The third-order valence-electron chi connectivity index (χ3n) is 3.26. The van der Waals surface area contributed by atoms with E-state index in [1.807, 2.05) is 0 Å². The highest BCUT2D eigenvalue weighted by Gasteiger charge is 2.72. The SMILES string of the molecule is CC(=O)OC(c1ccccc1)(C(F)(F)F)[C@@](C)(Cl)C(=O)S(C)(=O)=O. The lowest BCUT2D eigenvalue weighted by atomic mass is 9.81. The fourth-order valence-corrected chi connectivity index (χ4v) is 3.81. The Morgan fingerprint density at radius 3 is 1.92 bits per heavy atom. The minimum absolute atomic E-state index is 0.426. The Morgan fingerprint density at radius 2 is 1.58 bits per heavy atom. The molecule has 0 amide bonds. The van der Waals surface area contributed by atoms with Crippen LogP contribution in [0.4, 0.5) is 13.2 Å². The molecule has 0 aliphatic carbocycles. The maximum absolute atomic E-state index is 14.0. The Kier molecular flexibility index (Phi) is 5.42. The van der Waals surface area contributed by atoms with E-state index in [0.29, 0.717) is 20.1 Å². The fraction of sp³-hybridized carbons (Fsp3) is 0.429. The molecule has 0 N–H and O–H groups in total. The van der Waals surface area contributed by atoms with E-state index in [0.717, 1.165) is 12.1 Å². The lowest BCUT2D eigenvalue weighted by Crippen LogP contribution is -2.63. The van der Waals surface area contributed by atoms with Crippen LogP contribution in [0, 0.1) is 0 Å². The molecule has 5 nitrogen and oxygen atoms in total. The summed E-state index contributed by atoms with van der Waals surface area (Å²) < 4.78 is 69.4. The predicted molar refractivity (Wildman–Crippen MR) is 80.0 cm³/mol. The summed E-state index contributed by atoms with van der Waals surface area (Å²) >= 11 is 5.83. The summed E-state index contributed by atoms with van der Waals surface area (Å²) in [5.74, 6) is -1.38. The number of rotatable bonds is 4. The lowest BCUT2D eigenvalue weighted by molar-refractivity contribution is -0.283. The summed E-state index contributed by atoms with van der Waals surface area (Å²) in [6.45, 7) is 1.25. The van der Waals surface area contributed by atoms with Crippen molar-refractivity contribution in [3.05, 3.63) is 35.9 Å². The Labute approximate surface area is 141 Å². The summed E-state index contributed by atoms with van der Waals surface area (Å²) in [4.78, 5) is 20.3. The van der Waals surface area contributed by atoms with Crippen molar-refractivity contribution < 1.29 is 35.9 Å². The van der Waals surface area contributed by atoms with E-state index in [4.69, 9.17) is 11.6 Å². The minimum atomic E-state index is -5.38. The highest BCUT2D eigenvalue weighted by molar-refractivity contribution is 8.05. The van der Waals surface area contributed by atoms with E-state index in [1.165, 1.54) is 18.2 Å². The van der Waals surface area contributed by atoms with Crippen LogP contribution in [-0.4, -0.2) is 36.8 Å². The average Bonchev–Trinajstić information content (AvgIpc) is 2.42. The van der Waals surface area contributed by atoms with Gasteiger partial charge in [0.25, 0.3) is 10.7 Å². The predicted octanol–water partition coefficient (Wildman–Crippen LogP) is 2.58. The van der Waals surface area contributed by atoms with Gasteiger partial charge in [-0.1, -0.05) is 30.3 Å². The van der Waals surface area contributed by atoms with Gasteiger partial charge in [0.1, 0.15) is 0 Å². The number of sulfone groups is 1. The monoisotopic (exact) mass is 386 g/mol. The van der Waals surface area contributed by atoms with Gasteiger partial charge in [-0.3, -0.25) is 9.59 Å². The second kappa shape index (κ2) is 6.36. The molecule has 1 aromatic rings. The second-order valence-corrected chi connectivity index (χ2v) is 7.87. The summed E-state index contributed by atoms with van der Waals surface area (Å²) in [5, 5.41) is -1.92. The topological polar surface area (TPSA) is 77.5 Å². The van der Waals surface area contributed by atoms with Gasteiger partial charge in [0.2, 0.25) is 9.84 Å². The number of alkyl halides is 4. The zero-order valence-corrected chi connectivity index (χ0v) is 14.4. The Bertz CT molecular complexity index is 743. The smallest absolute Gasteiger partial charge is 0.435 e. The van der Waals surface area contributed by atoms with Crippen molar-refractivity contribution in [2.75, 3.05) is 6.26 Å².